The quantitative estimate of drug-likeness (QED) is 0.233. The van der Waals surface area contributed by atoms with Gasteiger partial charge in [-0.2, -0.15) is 26.3 Å². The Hall–Kier alpha value is -1.68. The minimum Gasteiger partial charge on any atom is -0.464 e. The van der Waals surface area contributed by atoms with Crippen molar-refractivity contribution in [3.63, 3.8) is 0 Å². The highest BCUT2D eigenvalue weighted by atomic mass is 19.4. The monoisotopic (exact) mass is 516 g/mol. The smallest absolute Gasteiger partial charge is 0.411 e. The van der Waals surface area contributed by atoms with Crippen molar-refractivity contribution in [2.75, 3.05) is 13.2 Å². The molecule has 0 aliphatic rings. The van der Waals surface area contributed by atoms with Gasteiger partial charge in [-0.25, -0.2) is 0 Å². The molecule has 0 spiro atoms. The van der Waals surface area contributed by atoms with E-state index in [1.807, 2.05) is 20.8 Å². The van der Waals surface area contributed by atoms with Crippen molar-refractivity contribution in [1.82, 2.24) is 0 Å². The zero-order valence-electron chi connectivity index (χ0n) is 21.9. The van der Waals surface area contributed by atoms with E-state index in [-0.39, 0.29) is 17.4 Å². The van der Waals surface area contributed by atoms with Crippen LogP contribution in [0.15, 0.2) is 12.1 Å². The van der Waals surface area contributed by atoms with E-state index in [2.05, 4.69) is 0 Å². The Labute approximate surface area is 204 Å². The van der Waals surface area contributed by atoms with Gasteiger partial charge in [0.25, 0.3) is 0 Å². The molecule has 2 atom stereocenters. The van der Waals surface area contributed by atoms with Gasteiger partial charge in [0.2, 0.25) is 12.6 Å². The summed E-state index contributed by atoms with van der Waals surface area (Å²) in [6.45, 7) is 12.7. The lowest BCUT2D eigenvalue weighted by molar-refractivity contribution is -0.231. The van der Waals surface area contributed by atoms with Crippen LogP contribution in [0.4, 0.5) is 26.3 Å². The SMILES string of the molecule is CCc1cc(OC(OCC(F)(F)F)C(C)(C)C)c(C(C)C)c(OC(OCC(F)(F)F)C(C)(C)C)c1. The second kappa shape index (κ2) is 11.6. The molecule has 4 nitrogen and oxygen atoms in total. The van der Waals surface area contributed by atoms with Crippen molar-refractivity contribution in [3.8, 4) is 11.5 Å². The standard InChI is InChI=1S/C25H38F6O4/c1-10-16-11-17(34-20(22(4,5)6)32-13-24(26,27)28)19(15(2)3)18(12-16)35-21(23(7,8)9)33-14-25(29,30)31/h11-12,15,20-21H,10,13-14H2,1-9H3. The molecular formula is C25H38F6O4. The Morgan fingerprint density at radius 1 is 0.686 bits per heavy atom. The summed E-state index contributed by atoms with van der Waals surface area (Å²) >= 11 is 0. The van der Waals surface area contributed by atoms with Crippen LogP contribution in [0, 0.1) is 10.8 Å². The number of rotatable bonds is 10. The number of benzene rings is 1. The molecule has 0 radical (unpaired) electrons. The van der Waals surface area contributed by atoms with Crippen LogP contribution in [0.1, 0.15) is 79.4 Å². The highest BCUT2D eigenvalue weighted by Gasteiger charge is 2.37. The van der Waals surface area contributed by atoms with Gasteiger partial charge in [-0.1, -0.05) is 62.3 Å². The maximum Gasteiger partial charge on any atom is 0.411 e. The van der Waals surface area contributed by atoms with E-state index >= 15 is 0 Å². The number of ether oxygens (including phenoxy) is 4. The second-order valence-corrected chi connectivity index (χ2v) is 11.0. The topological polar surface area (TPSA) is 36.9 Å². The first kappa shape index (κ1) is 31.4. The van der Waals surface area contributed by atoms with E-state index in [0.717, 1.165) is 5.56 Å². The molecule has 2 unspecified atom stereocenters. The predicted octanol–water partition coefficient (Wildman–Crippen LogP) is 8.03. The maximum atomic E-state index is 12.9. The van der Waals surface area contributed by atoms with Gasteiger partial charge in [0.05, 0.1) is 0 Å². The van der Waals surface area contributed by atoms with Crippen LogP contribution >= 0.6 is 0 Å². The molecule has 0 aliphatic heterocycles. The molecule has 0 saturated heterocycles. The van der Waals surface area contributed by atoms with Crippen LogP contribution in [-0.4, -0.2) is 38.1 Å². The summed E-state index contributed by atoms with van der Waals surface area (Å²) < 4.78 is 99.3. The molecule has 0 heterocycles. The maximum absolute atomic E-state index is 12.9. The van der Waals surface area contributed by atoms with Gasteiger partial charge in [-0.15, -0.1) is 0 Å². The minimum atomic E-state index is -4.54. The van der Waals surface area contributed by atoms with E-state index < -0.39 is 49.0 Å². The zero-order valence-corrected chi connectivity index (χ0v) is 21.9. The van der Waals surface area contributed by atoms with E-state index in [0.29, 0.717) is 12.0 Å². The number of hydrogen-bond donors (Lipinski definition) is 0. The molecule has 0 aliphatic carbocycles. The number of halogens is 6. The summed E-state index contributed by atoms with van der Waals surface area (Å²) in [5.41, 5.74) is -0.401. The Kier molecular flexibility index (Phi) is 10.4. The van der Waals surface area contributed by atoms with Crippen LogP contribution in [0.5, 0.6) is 11.5 Å². The second-order valence-electron chi connectivity index (χ2n) is 11.0. The first-order chi connectivity index (χ1) is 15.6. The number of alkyl halides is 6. The average molecular weight is 517 g/mol. The largest absolute Gasteiger partial charge is 0.464 e. The number of hydrogen-bond acceptors (Lipinski definition) is 4. The van der Waals surface area contributed by atoms with Gasteiger partial charge in [-0.3, -0.25) is 0 Å². The molecule has 35 heavy (non-hydrogen) atoms. The molecule has 0 fully saturated rings. The summed E-state index contributed by atoms with van der Waals surface area (Å²) in [7, 11) is 0. The third-order valence-corrected chi connectivity index (χ3v) is 4.83. The molecule has 204 valence electrons. The zero-order chi connectivity index (χ0) is 27.4. The molecule has 0 aromatic heterocycles. The molecule has 0 saturated carbocycles. The lowest BCUT2D eigenvalue weighted by atomic mass is 9.94. The first-order valence-corrected chi connectivity index (χ1v) is 11.5. The van der Waals surface area contributed by atoms with Crippen LogP contribution in [0.3, 0.4) is 0 Å². The van der Waals surface area contributed by atoms with E-state index in [9.17, 15) is 26.3 Å². The van der Waals surface area contributed by atoms with Crippen LogP contribution in [0.25, 0.3) is 0 Å². The van der Waals surface area contributed by atoms with Crippen LogP contribution in [-0.2, 0) is 15.9 Å². The van der Waals surface area contributed by atoms with Crippen molar-refractivity contribution < 1.29 is 45.3 Å². The van der Waals surface area contributed by atoms with Crippen LogP contribution < -0.4 is 9.47 Å². The summed E-state index contributed by atoms with van der Waals surface area (Å²) in [5, 5.41) is 0. The molecule has 0 amide bonds. The predicted molar refractivity (Wildman–Crippen MR) is 122 cm³/mol. The van der Waals surface area contributed by atoms with Crippen molar-refractivity contribution >= 4 is 0 Å². The highest BCUT2D eigenvalue weighted by Crippen LogP contribution is 2.41. The van der Waals surface area contributed by atoms with E-state index in [1.54, 1.807) is 53.7 Å². The van der Waals surface area contributed by atoms with Gasteiger partial charge in [-0.05, 0) is 30.0 Å². The summed E-state index contributed by atoms with van der Waals surface area (Å²) in [5.74, 6) is 0.261. The lowest BCUT2D eigenvalue weighted by Crippen LogP contribution is -2.38. The molecule has 0 N–H and O–H groups in total. The first-order valence-electron chi connectivity index (χ1n) is 11.5. The summed E-state index contributed by atoms with van der Waals surface area (Å²) in [4.78, 5) is 0. The van der Waals surface area contributed by atoms with Crippen molar-refractivity contribution in [2.45, 2.75) is 99.6 Å². The van der Waals surface area contributed by atoms with Gasteiger partial charge in [0.15, 0.2) is 0 Å². The van der Waals surface area contributed by atoms with Gasteiger partial charge >= 0.3 is 12.4 Å². The molecule has 1 rings (SSSR count). The summed E-state index contributed by atoms with van der Waals surface area (Å²) in [6, 6.07) is 3.39. The van der Waals surface area contributed by atoms with E-state index in [4.69, 9.17) is 18.9 Å². The molecule has 1 aromatic rings. The summed E-state index contributed by atoms with van der Waals surface area (Å²) in [6.07, 6.45) is -11.0. The fraction of sp³-hybridized carbons (Fsp3) is 0.760. The highest BCUT2D eigenvalue weighted by molar-refractivity contribution is 5.50. The van der Waals surface area contributed by atoms with Crippen molar-refractivity contribution in [2.24, 2.45) is 10.8 Å². The van der Waals surface area contributed by atoms with Gasteiger partial charge in [0.1, 0.15) is 24.7 Å². The molecule has 0 bridgehead atoms. The molecule has 10 heteroatoms. The van der Waals surface area contributed by atoms with Crippen molar-refractivity contribution in [3.05, 3.63) is 23.3 Å². The fourth-order valence-corrected chi connectivity index (χ4v) is 3.12. The Morgan fingerprint density at radius 3 is 1.26 bits per heavy atom. The molecular weight excluding hydrogens is 478 g/mol. The third-order valence-electron chi connectivity index (χ3n) is 4.83. The van der Waals surface area contributed by atoms with Gasteiger partial charge in [0, 0.05) is 16.4 Å². The van der Waals surface area contributed by atoms with Crippen LogP contribution in [0.2, 0.25) is 0 Å². The van der Waals surface area contributed by atoms with Crippen molar-refractivity contribution in [1.29, 1.82) is 0 Å². The third kappa shape index (κ3) is 10.9. The number of aryl methyl sites for hydroxylation is 1. The van der Waals surface area contributed by atoms with E-state index in [1.165, 1.54) is 0 Å². The lowest BCUT2D eigenvalue weighted by Gasteiger charge is -2.34. The normalized spacial score (nSPS) is 15.3. The average Bonchev–Trinajstić information content (AvgIpc) is 2.64. The minimum absolute atomic E-state index is 0.239. The fourth-order valence-electron chi connectivity index (χ4n) is 3.12. The van der Waals surface area contributed by atoms with Gasteiger partial charge < -0.3 is 18.9 Å². The Balaban J connectivity index is 3.50. The Morgan fingerprint density at radius 2 is 1.03 bits per heavy atom. The molecule has 1 aromatic carbocycles. The Bertz CT molecular complexity index is 745.